The third-order valence-corrected chi connectivity index (χ3v) is 4.26. The molecule has 6 heteroatoms. The maximum Gasteiger partial charge on any atom is 0.259 e. The molecule has 4 rings (SSSR count). The predicted molar refractivity (Wildman–Crippen MR) is 111 cm³/mol. The number of nitrogens with one attached hydrogen (secondary N) is 2. The molecule has 6 nitrogen and oxygen atoms in total. The fourth-order valence-electron chi connectivity index (χ4n) is 2.92. The molecule has 28 heavy (non-hydrogen) atoms. The molecule has 1 amide bonds. The number of carbonyl (C=O) groups is 1. The smallest absolute Gasteiger partial charge is 0.259 e. The van der Waals surface area contributed by atoms with Gasteiger partial charge in [-0.1, -0.05) is 48.5 Å². The van der Waals surface area contributed by atoms with Crippen LogP contribution in [0, 0.1) is 0 Å². The Kier molecular flexibility index (Phi) is 5.20. The normalized spacial score (nSPS) is 12.7. The molecular weight excluding hydrogens is 354 g/mol. The second-order valence-corrected chi connectivity index (χ2v) is 6.17. The van der Waals surface area contributed by atoms with Gasteiger partial charge in [0.15, 0.2) is 11.5 Å². The van der Waals surface area contributed by atoms with E-state index in [1.807, 2.05) is 66.7 Å². The molecule has 0 aromatic heterocycles. The van der Waals surface area contributed by atoms with Crippen molar-refractivity contribution in [3.05, 3.63) is 72.3 Å². The number of benzene rings is 3. The summed E-state index contributed by atoms with van der Waals surface area (Å²) in [5.41, 5.74) is 4.38. The minimum absolute atomic E-state index is 0.136. The molecule has 0 spiro atoms. The van der Waals surface area contributed by atoms with Crippen LogP contribution in [0.25, 0.3) is 16.8 Å². The van der Waals surface area contributed by atoms with Crippen LogP contribution >= 0.6 is 0 Å². The van der Waals surface area contributed by atoms with E-state index >= 15 is 0 Å². The summed E-state index contributed by atoms with van der Waals surface area (Å²) in [5, 5.41) is 9.28. The quantitative estimate of drug-likeness (QED) is 0.509. The summed E-state index contributed by atoms with van der Waals surface area (Å²) in [7, 11) is 0. The van der Waals surface area contributed by atoms with Gasteiger partial charge in [0.25, 0.3) is 5.91 Å². The first kappa shape index (κ1) is 17.6. The Labute approximate surface area is 162 Å². The van der Waals surface area contributed by atoms with Gasteiger partial charge in [0, 0.05) is 17.3 Å². The van der Waals surface area contributed by atoms with E-state index in [0.29, 0.717) is 0 Å². The lowest BCUT2D eigenvalue weighted by molar-refractivity contribution is -0.119. The zero-order valence-corrected chi connectivity index (χ0v) is 15.1. The SMILES string of the molecule is O=C(CNc1cccc2ccccc12)N/N=C\C=C\c1ccc2c(c1)OCO2. The molecule has 2 N–H and O–H groups in total. The predicted octanol–water partition coefficient (Wildman–Crippen LogP) is 3.80. The minimum atomic E-state index is -0.222. The lowest BCUT2D eigenvalue weighted by atomic mass is 10.1. The number of ether oxygens (including phenoxy) is 2. The van der Waals surface area contributed by atoms with Gasteiger partial charge < -0.3 is 14.8 Å². The van der Waals surface area contributed by atoms with E-state index in [-0.39, 0.29) is 19.2 Å². The lowest BCUT2D eigenvalue weighted by Crippen LogP contribution is -2.25. The number of allylic oxidation sites excluding steroid dienone is 1. The highest BCUT2D eigenvalue weighted by atomic mass is 16.7. The van der Waals surface area contributed by atoms with Crippen LogP contribution in [0.4, 0.5) is 5.69 Å². The Morgan fingerprint density at radius 1 is 1.04 bits per heavy atom. The zero-order valence-electron chi connectivity index (χ0n) is 15.1. The van der Waals surface area contributed by atoms with Crippen LogP contribution in [0.2, 0.25) is 0 Å². The Morgan fingerprint density at radius 3 is 2.86 bits per heavy atom. The summed E-state index contributed by atoms with van der Waals surface area (Å²) >= 11 is 0. The molecule has 0 radical (unpaired) electrons. The first-order valence-electron chi connectivity index (χ1n) is 8.89. The number of fused-ring (bicyclic) bond motifs is 2. The number of rotatable bonds is 6. The van der Waals surface area contributed by atoms with Crippen molar-refractivity contribution in [2.24, 2.45) is 5.10 Å². The number of amides is 1. The number of hydrazone groups is 1. The number of hydrogen-bond acceptors (Lipinski definition) is 5. The number of carbonyl (C=O) groups excluding carboxylic acids is 1. The Morgan fingerprint density at radius 2 is 1.89 bits per heavy atom. The standard InChI is InChI=1S/C22H19N3O3/c26-22(14-23-19-9-3-7-17-6-1-2-8-18(17)19)25-24-12-4-5-16-10-11-20-21(13-16)28-15-27-20/h1-13,23H,14-15H2,(H,25,26)/b5-4+,24-12-. The Balaban J connectivity index is 1.27. The van der Waals surface area contributed by atoms with Gasteiger partial charge in [0.1, 0.15) is 0 Å². The van der Waals surface area contributed by atoms with Gasteiger partial charge >= 0.3 is 0 Å². The largest absolute Gasteiger partial charge is 0.454 e. The van der Waals surface area contributed by atoms with E-state index in [0.717, 1.165) is 33.5 Å². The molecule has 3 aromatic carbocycles. The summed E-state index contributed by atoms with van der Waals surface area (Å²) in [6.07, 6.45) is 5.14. The average Bonchev–Trinajstić information content (AvgIpc) is 3.20. The molecule has 0 aliphatic carbocycles. The lowest BCUT2D eigenvalue weighted by Gasteiger charge is -2.08. The molecule has 0 unspecified atom stereocenters. The first-order valence-corrected chi connectivity index (χ1v) is 8.89. The highest BCUT2D eigenvalue weighted by molar-refractivity contribution is 5.95. The first-order chi connectivity index (χ1) is 13.8. The van der Waals surface area contributed by atoms with Crippen LogP contribution in [0.1, 0.15) is 5.56 Å². The molecule has 0 atom stereocenters. The molecule has 0 saturated heterocycles. The fourth-order valence-corrected chi connectivity index (χ4v) is 2.92. The van der Waals surface area contributed by atoms with Crippen molar-refractivity contribution in [1.29, 1.82) is 0 Å². The molecule has 1 aliphatic heterocycles. The monoisotopic (exact) mass is 373 g/mol. The number of hydrogen-bond donors (Lipinski definition) is 2. The summed E-state index contributed by atoms with van der Waals surface area (Å²) < 4.78 is 10.6. The van der Waals surface area contributed by atoms with Gasteiger partial charge in [-0.15, -0.1) is 0 Å². The summed E-state index contributed by atoms with van der Waals surface area (Å²) in [5.74, 6) is 1.25. The van der Waals surface area contributed by atoms with Crippen molar-refractivity contribution in [3.63, 3.8) is 0 Å². The molecule has 1 heterocycles. The van der Waals surface area contributed by atoms with E-state index in [2.05, 4.69) is 15.8 Å². The van der Waals surface area contributed by atoms with Crippen LogP contribution in [0.5, 0.6) is 11.5 Å². The average molecular weight is 373 g/mol. The molecule has 0 bridgehead atoms. The highest BCUT2D eigenvalue weighted by Gasteiger charge is 2.11. The second-order valence-electron chi connectivity index (χ2n) is 6.17. The van der Waals surface area contributed by atoms with Crippen LogP contribution in [0.15, 0.2) is 71.8 Å². The van der Waals surface area contributed by atoms with Gasteiger partial charge in [0.2, 0.25) is 6.79 Å². The van der Waals surface area contributed by atoms with Crippen LogP contribution in [-0.4, -0.2) is 25.5 Å². The zero-order chi connectivity index (χ0) is 19.2. The molecule has 0 saturated carbocycles. The molecule has 3 aromatic rings. The van der Waals surface area contributed by atoms with Gasteiger partial charge in [-0.05, 0) is 35.2 Å². The summed E-state index contributed by atoms with van der Waals surface area (Å²) in [6.45, 7) is 0.389. The molecule has 140 valence electrons. The van der Waals surface area contributed by atoms with Crippen LogP contribution in [-0.2, 0) is 4.79 Å². The van der Waals surface area contributed by atoms with Crippen molar-refractivity contribution in [3.8, 4) is 11.5 Å². The van der Waals surface area contributed by atoms with Gasteiger partial charge in [-0.25, -0.2) is 5.43 Å². The molecule has 1 aliphatic rings. The van der Waals surface area contributed by atoms with E-state index < -0.39 is 0 Å². The minimum Gasteiger partial charge on any atom is -0.454 e. The van der Waals surface area contributed by atoms with Crippen LogP contribution < -0.4 is 20.2 Å². The van der Waals surface area contributed by atoms with Gasteiger partial charge in [0.05, 0.1) is 6.54 Å². The Hall–Kier alpha value is -3.80. The van der Waals surface area contributed by atoms with Crippen molar-refractivity contribution in [2.75, 3.05) is 18.7 Å². The summed E-state index contributed by atoms with van der Waals surface area (Å²) in [4.78, 5) is 12.0. The van der Waals surface area contributed by atoms with E-state index in [1.165, 1.54) is 6.21 Å². The topological polar surface area (TPSA) is 72.0 Å². The van der Waals surface area contributed by atoms with Gasteiger partial charge in [-0.2, -0.15) is 5.10 Å². The van der Waals surface area contributed by atoms with Crippen LogP contribution in [0.3, 0.4) is 0 Å². The number of nitrogens with zero attached hydrogens (tertiary/aromatic N) is 1. The molecule has 0 fully saturated rings. The van der Waals surface area contributed by atoms with Crippen molar-refractivity contribution >= 4 is 34.7 Å². The van der Waals surface area contributed by atoms with Crippen molar-refractivity contribution < 1.29 is 14.3 Å². The van der Waals surface area contributed by atoms with E-state index in [9.17, 15) is 4.79 Å². The van der Waals surface area contributed by atoms with E-state index in [4.69, 9.17) is 9.47 Å². The fraction of sp³-hybridized carbons (Fsp3) is 0.0909. The maximum atomic E-state index is 12.0. The van der Waals surface area contributed by atoms with Crippen molar-refractivity contribution in [1.82, 2.24) is 5.43 Å². The number of anilines is 1. The highest BCUT2D eigenvalue weighted by Crippen LogP contribution is 2.32. The third kappa shape index (κ3) is 4.12. The second kappa shape index (κ2) is 8.26. The van der Waals surface area contributed by atoms with E-state index in [1.54, 1.807) is 6.08 Å². The van der Waals surface area contributed by atoms with Crippen molar-refractivity contribution in [2.45, 2.75) is 0 Å². The Bertz CT molecular complexity index is 1050. The third-order valence-electron chi connectivity index (χ3n) is 4.26. The maximum absolute atomic E-state index is 12.0. The summed E-state index contributed by atoms with van der Waals surface area (Å²) in [6, 6.07) is 19.6. The van der Waals surface area contributed by atoms with Gasteiger partial charge in [-0.3, -0.25) is 4.79 Å². The molecular formula is C22H19N3O3.